The molecule has 0 aromatic heterocycles. The average Bonchev–Trinajstić information content (AvgIpc) is 1.63. The van der Waals surface area contributed by atoms with Crippen LogP contribution in [0.15, 0.2) is 0 Å². The van der Waals surface area contributed by atoms with Crippen molar-refractivity contribution in [3.05, 3.63) is 0 Å². The molecule has 0 bridgehead atoms. The first-order valence-electron chi connectivity index (χ1n) is 2.83. The second-order valence-corrected chi connectivity index (χ2v) is 4.31. The van der Waals surface area contributed by atoms with Crippen LogP contribution in [0, 0.1) is 0 Å². The van der Waals surface area contributed by atoms with Crippen LogP contribution in [0.25, 0.3) is 0 Å². The van der Waals surface area contributed by atoms with E-state index in [2.05, 4.69) is 17.2 Å². The summed E-state index contributed by atoms with van der Waals surface area (Å²) in [7, 11) is 2.97. The molecule has 0 spiro atoms. The maximum atomic E-state index is 5.43. The lowest BCUT2D eigenvalue weighted by molar-refractivity contribution is 0.126. The van der Waals surface area contributed by atoms with Gasteiger partial charge in [0.2, 0.25) is 0 Å². The Balaban J connectivity index is 3.07. The summed E-state index contributed by atoms with van der Waals surface area (Å²) in [5, 5.41) is 0. The molecule has 0 aromatic carbocycles. The van der Waals surface area contributed by atoms with Crippen LogP contribution in [0.2, 0.25) is 0 Å². The highest BCUT2D eigenvalue weighted by Crippen LogP contribution is 2.17. The smallest absolute Gasteiger partial charge is 0.191 e. The van der Waals surface area contributed by atoms with Crippen LogP contribution in [0.3, 0.4) is 0 Å². The highest BCUT2D eigenvalue weighted by Gasteiger charge is 2.14. The topological polar surface area (TPSA) is 9.23 Å². The molecule has 0 saturated heterocycles. The summed E-state index contributed by atoms with van der Waals surface area (Å²) in [5.74, 6) is 0. The Labute approximate surface area is 69.1 Å². The maximum absolute atomic E-state index is 5.43. The Bertz CT molecular complexity index is 71.8. The predicted molar refractivity (Wildman–Crippen MR) is 41.1 cm³/mol. The largest absolute Gasteiger partial charge is 0.350 e. The minimum Gasteiger partial charge on any atom is -0.350 e. The highest BCUT2D eigenvalue weighted by molar-refractivity contribution is 6.63. The van der Waals surface area contributed by atoms with Crippen molar-refractivity contribution in [3.63, 3.8) is 0 Å². The highest BCUT2D eigenvalue weighted by atomic mass is 35.5. The second-order valence-electron chi connectivity index (χ2n) is 1.72. The minimum atomic E-state index is -1.20. The third-order valence-electron chi connectivity index (χ3n) is 0.781. The molecule has 4 heteroatoms. The van der Waals surface area contributed by atoms with Gasteiger partial charge in [0, 0.05) is 6.61 Å². The lowest BCUT2D eigenvalue weighted by Gasteiger charge is -2.13. The van der Waals surface area contributed by atoms with Gasteiger partial charge in [-0.05, 0) is 6.42 Å². The number of hydrogen-bond acceptors (Lipinski definition) is 1. The normalized spacial score (nSPS) is 12.0. The van der Waals surface area contributed by atoms with E-state index in [1.807, 2.05) is 0 Å². The van der Waals surface area contributed by atoms with Crippen molar-refractivity contribution in [1.29, 1.82) is 0 Å². The molecule has 3 radical (unpaired) electrons. The fourth-order valence-electron chi connectivity index (χ4n) is 0.345. The number of ether oxygens (including phenoxy) is 1. The third kappa shape index (κ3) is 8.76. The molecule has 1 nitrogen and oxygen atoms in total. The standard InChI is InChI=1S/C5H9Cl2OSi/c1-2-3-4-8-5(6,7)9/h2-4H2,1H3. The molecule has 0 aliphatic heterocycles. The predicted octanol–water partition coefficient (Wildman–Crippen LogP) is 2.06. The summed E-state index contributed by atoms with van der Waals surface area (Å²) < 4.78 is 3.71. The zero-order chi connectivity index (χ0) is 7.33. The van der Waals surface area contributed by atoms with Gasteiger partial charge in [-0.25, -0.2) is 0 Å². The average molecular weight is 184 g/mol. The molecule has 0 heterocycles. The minimum absolute atomic E-state index is 0.590. The van der Waals surface area contributed by atoms with Crippen molar-refractivity contribution in [1.82, 2.24) is 0 Å². The molecule has 0 aliphatic carbocycles. The second kappa shape index (κ2) is 4.55. The fraction of sp³-hybridized carbons (Fsp3) is 1.00. The lowest BCUT2D eigenvalue weighted by Crippen LogP contribution is -2.17. The van der Waals surface area contributed by atoms with Gasteiger partial charge in [-0.1, -0.05) is 36.5 Å². The van der Waals surface area contributed by atoms with Crippen molar-refractivity contribution < 1.29 is 4.74 Å². The number of alkyl halides is 2. The van der Waals surface area contributed by atoms with Crippen molar-refractivity contribution in [2.45, 2.75) is 23.9 Å². The van der Waals surface area contributed by atoms with E-state index in [-0.39, 0.29) is 0 Å². The Morgan fingerprint density at radius 2 is 2.11 bits per heavy atom. The van der Waals surface area contributed by atoms with E-state index in [9.17, 15) is 0 Å². The van der Waals surface area contributed by atoms with Crippen LogP contribution in [-0.4, -0.2) is 21.0 Å². The summed E-state index contributed by atoms with van der Waals surface area (Å²) in [4.78, 5) is 0. The van der Waals surface area contributed by atoms with Crippen molar-refractivity contribution in [2.75, 3.05) is 6.61 Å². The van der Waals surface area contributed by atoms with E-state index < -0.39 is 4.14 Å². The van der Waals surface area contributed by atoms with Gasteiger partial charge in [-0.2, -0.15) is 0 Å². The zero-order valence-corrected chi connectivity index (χ0v) is 7.80. The van der Waals surface area contributed by atoms with Crippen LogP contribution in [0.4, 0.5) is 0 Å². The number of hydrogen-bond donors (Lipinski definition) is 0. The van der Waals surface area contributed by atoms with Gasteiger partial charge in [-0.15, -0.1) is 0 Å². The van der Waals surface area contributed by atoms with Crippen molar-refractivity contribution in [2.24, 2.45) is 0 Å². The van der Waals surface area contributed by atoms with Crippen LogP contribution >= 0.6 is 23.2 Å². The summed E-state index contributed by atoms with van der Waals surface area (Å²) >= 11 is 10.9. The van der Waals surface area contributed by atoms with Gasteiger partial charge >= 0.3 is 0 Å². The summed E-state index contributed by atoms with van der Waals surface area (Å²) in [6, 6.07) is 0. The Morgan fingerprint density at radius 1 is 1.56 bits per heavy atom. The first kappa shape index (κ1) is 9.76. The van der Waals surface area contributed by atoms with E-state index in [1.165, 1.54) is 0 Å². The monoisotopic (exact) mass is 183 g/mol. The molecule has 9 heavy (non-hydrogen) atoms. The number of rotatable bonds is 4. The number of unbranched alkanes of at least 4 members (excludes halogenated alkanes) is 1. The van der Waals surface area contributed by atoms with Crippen LogP contribution in [-0.2, 0) is 4.74 Å². The van der Waals surface area contributed by atoms with Gasteiger partial charge < -0.3 is 4.74 Å². The third-order valence-corrected chi connectivity index (χ3v) is 1.14. The number of halogens is 2. The van der Waals surface area contributed by atoms with E-state index in [0.717, 1.165) is 12.8 Å². The van der Waals surface area contributed by atoms with E-state index in [1.54, 1.807) is 0 Å². The quantitative estimate of drug-likeness (QED) is 0.369. The molecule has 0 atom stereocenters. The lowest BCUT2D eigenvalue weighted by atomic mass is 10.4. The molecular formula is C5H9Cl2OSi. The zero-order valence-electron chi connectivity index (χ0n) is 5.29. The first-order valence-corrected chi connectivity index (χ1v) is 4.08. The molecule has 0 amide bonds. The van der Waals surface area contributed by atoms with Gasteiger partial charge in [0.1, 0.15) is 10.2 Å². The van der Waals surface area contributed by atoms with Gasteiger partial charge in [0.25, 0.3) is 0 Å². The summed E-state index contributed by atoms with van der Waals surface area (Å²) in [6.07, 6.45) is 2.06. The molecule has 0 N–H and O–H groups in total. The SMILES string of the molecule is CCCCOC([Si])(Cl)Cl. The summed E-state index contributed by atoms with van der Waals surface area (Å²) in [6.45, 7) is 2.66. The van der Waals surface area contributed by atoms with E-state index in [4.69, 9.17) is 27.9 Å². The van der Waals surface area contributed by atoms with E-state index >= 15 is 0 Å². The van der Waals surface area contributed by atoms with Crippen LogP contribution in [0.5, 0.6) is 0 Å². The van der Waals surface area contributed by atoms with Crippen molar-refractivity contribution in [3.8, 4) is 0 Å². The van der Waals surface area contributed by atoms with E-state index in [0.29, 0.717) is 6.61 Å². The first-order chi connectivity index (χ1) is 4.06. The van der Waals surface area contributed by atoms with Gasteiger partial charge in [0.15, 0.2) is 4.14 Å². The van der Waals surface area contributed by atoms with Crippen LogP contribution < -0.4 is 0 Å². The maximum Gasteiger partial charge on any atom is 0.191 e. The van der Waals surface area contributed by atoms with Gasteiger partial charge in [-0.3, -0.25) is 0 Å². The molecule has 0 aromatic rings. The Kier molecular flexibility index (Phi) is 4.94. The fourth-order valence-corrected chi connectivity index (χ4v) is 0.601. The Morgan fingerprint density at radius 3 is 2.44 bits per heavy atom. The van der Waals surface area contributed by atoms with Crippen molar-refractivity contribution >= 4 is 33.4 Å². The molecule has 53 valence electrons. The van der Waals surface area contributed by atoms with Gasteiger partial charge in [0.05, 0.1) is 0 Å². The molecule has 0 saturated carbocycles. The molecule has 0 aliphatic rings. The molecule has 0 rings (SSSR count). The Hall–Kier alpha value is 0.757. The summed E-state index contributed by atoms with van der Waals surface area (Å²) in [5.41, 5.74) is 0. The molecule has 0 unspecified atom stereocenters. The molecular weight excluding hydrogens is 175 g/mol. The molecule has 0 fully saturated rings. The van der Waals surface area contributed by atoms with Crippen LogP contribution in [0.1, 0.15) is 19.8 Å².